The highest BCUT2D eigenvalue weighted by Crippen LogP contribution is 2.32. The molecule has 0 aliphatic heterocycles. The fraction of sp³-hybridized carbons (Fsp3) is 0.261. The van der Waals surface area contributed by atoms with Crippen LogP contribution in [0.1, 0.15) is 30.6 Å². The number of halogens is 1. The van der Waals surface area contributed by atoms with Gasteiger partial charge < -0.3 is 4.57 Å². The fourth-order valence-corrected chi connectivity index (χ4v) is 5.16. The van der Waals surface area contributed by atoms with E-state index in [0.717, 1.165) is 22.6 Å². The molecule has 8 heteroatoms. The number of rotatable bonds is 8. The van der Waals surface area contributed by atoms with Gasteiger partial charge in [0, 0.05) is 41.2 Å². The van der Waals surface area contributed by atoms with Crippen molar-refractivity contribution in [1.29, 1.82) is 0 Å². The number of carbonyl (C=O) groups excluding carboxylic acids is 1. The summed E-state index contributed by atoms with van der Waals surface area (Å²) in [5, 5.41) is 0.932. The quantitative estimate of drug-likeness (QED) is 0.313. The van der Waals surface area contributed by atoms with Crippen molar-refractivity contribution in [2.24, 2.45) is 0 Å². The van der Waals surface area contributed by atoms with Gasteiger partial charge in [0.25, 0.3) is 5.91 Å². The Labute approximate surface area is 188 Å². The number of thioether (sulfide) groups is 1. The number of carbonyl (C=O) groups is 1. The Balaban J connectivity index is 1.63. The highest BCUT2D eigenvalue weighted by atomic mass is 32.2. The number of thiazole rings is 1. The predicted octanol–water partition coefficient (Wildman–Crippen LogP) is 5.87. The van der Waals surface area contributed by atoms with Gasteiger partial charge in [-0.15, -0.1) is 11.8 Å². The highest BCUT2D eigenvalue weighted by Gasteiger charge is 2.22. The Morgan fingerprint density at radius 3 is 2.84 bits per heavy atom. The first-order valence-electron chi connectivity index (χ1n) is 10.1. The minimum atomic E-state index is -0.374. The van der Waals surface area contributed by atoms with Gasteiger partial charge in [0.15, 0.2) is 5.13 Å². The van der Waals surface area contributed by atoms with Crippen LogP contribution in [0.2, 0.25) is 0 Å². The zero-order chi connectivity index (χ0) is 21.8. The van der Waals surface area contributed by atoms with Crippen molar-refractivity contribution in [2.45, 2.75) is 37.0 Å². The maximum atomic E-state index is 14.2. The molecule has 0 saturated heterocycles. The topological polar surface area (TPSA) is 51.0 Å². The first-order chi connectivity index (χ1) is 15.0. The average Bonchev–Trinajstić information content (AvgIpc) is 3.41. The zero-order valence-electron chi connectivity index (χ0n) is 17.4. The molecule has 160 valence electrons. The molecule has 0 atom stereocenters. The summed E-state index contributed by atoms with van der Waals surface area (Å²) >= 11 is 3.05. The molecule has 1 amide bonds. The monoisotopic (exact) mass is 454 g/mol. The number of nitrogens with zero attached hydrogens (tertiary/aromatic N) is 4. The minimum Gasteiger partial charge on any atom is -0.337 e. The van der Waals surface area contributed by atoms with Crippen LogP contribution in [0.15, 0.2) is 66.1 Å². The molecule has 0 bridgehead atoms. The first-order valence-corrected chi connectivity index (χ1v) is 11.8. The van der Waals surface area contributed by atoms with Gasteiger partial charge in [0.2, 0.25) is 0 Å². The molecule has 0 N–H and O–H groups in total. The molecule has 0 saturated carbocycles. The van der Waals surface area contributed by atoms with E-state index in [1.807, 2.05) is 41.1 Å². The van der Waals surface area contributed by atoms with E-state index in [2.05, 4.69) is 23.8 Å². The summed E-state index contributed by atoms with van der Waals surface area (Å²) in [4.78, 5) is 24.8. The molecule has 2 heterocycles. The van der Waals surface area contributed by atoms with Crippen molar-refractivity contribution < 1.29 is 9.18 Å². The largest absolute Gasteiger partial charge is 0.337 e. The third-order valence-electron chi connectivity index (χ3n) is 4.64. The lowest BCUT2D eigenvalue weighted by molar-refractivity contribution is 0.0986. The van der Waals surface area contributed by atoms with E-state index in [0.29, 0.717) is 28.0 Å². The Bertz CT molecular complexity index is 1170. The predicted molar refractivity (Wildman–Crippen MR) is 126 cm³/mol. The van der Waals surface area contributed by atoms with E-state index in [4.69, 9.17) is 0 Å². The van der Waals surface area contributed by atoms with Gasteiger partial charge in [0.1, 0.15) is 11.3 Å². The second kappa shape index (κ2) is 9.62. The van der Waals surface area contributed by atoms with E-state index in [1.165, 1.54) is 17.4 Å². The molecule has 0 spiro atoms. The number of hydrogen-bond donors (Lipinski definition) is 0. The number of aromatic nitrogens is 3. The van der Waals surface area contributed by atoms with Gasteiger partial charge >= 0.3 is 0 Å². The molecule has 4 aromatic rings. The van der Waals surface area contributed by atoms with Crippen molar-refractivity contribution in [3.8, 4) is 0 Å². The second-order valence-corrected chi connectivity index (χ2v) is 10.0. The molecule has 0 aliphatic rings. The van der Waals surface area contributed by atoms with Crippen LogP contribution in [0.4, 0.5) is 9.52 Å². The van der Waals surface area contributed by atoms with E-state index >= 15 is 0 Å². The van der Waals surface area contributed by atoms with E-state index < -0.39 is 0 Å². The summed E-state index contributed by atoms with van der Waals surface area (Å²) in [6.45, 7) is 5.45. The van der Waals surface area contributed by atoms with E-state index in [-0.39, 0.29) is 11.7 Å². The van der Waals surface area contributed by atoms with Crippen LogP contribution in [-0.2, 0) is 6.54 Å². The average molecular weight is 455 g/mol. The van der Waals surface area contributed by atoms with Gasteiger partial charge in [-0.3, -0.25) is 9.69 Å². The molecular formula is C23H23FN4OS2. The van der Waals surface area contributed by atoms with Gasteiger partial charge in [-0.2, -0.15) is 0 Å². The van der Waals surface area contributed by atoms with E-state index in [1.54, 1.807) is 35.3 Å². The summed E-state index contributed by atoms with van der Waals surface area (Å²) in [6.07, 6.45) is 6.11. The van der Waals surface area contributed by atoms with Crippen molar-refractivity contribution in [3.05, 3.63) is 72.6 Å². The van der Waals surface area contributed by atoms with Crippen molar-refractivity contribution >= 4 is 44.4 Å². The van der Waals surface area contributed by atoms with Crippen LogP contribution in [-0.4, -0.2) is 32.2 Å². The summed E-state index contributed by atoms with van der Waals surface area (Å²) < 4.78 is 16.9. The zero-order valence-corrected chi connectivity index (χ0v) is 19.0. The SMILES string of the molecule is CC(C)Sc1cccc(C(=O)N(CCCn2ccnc2)c2nc3c(F)cccc3s2)c1. The van der Waals surface area contributed by atoms with Crippen LogP contribution in [0, 0.1) is 5.82 Å². The van der Waals surface area contributed by atoms with Gasteiger partial charge in [-0.25, -0.2) is 14.4 Å². The molecule has 0 unspecified atom stereocenters. The summed E-state index contributed by atoms with van der Waals surface area (Å²) in [5.74, 6) is -0.502. The standard InChI is InChI=1S/C23H23FN4OS2/c1-16(2)30-18-7-3-6-17(14-18)22(29)28(12-5-11-27-13-10-25-15-27)23-26-21-19(24)8-4-9-20(21)31-23/h3-4,6-10,13-16H,5,11-12H2,1-2H3. The number of imidazole rings is 1. The van der Waals surface area contributed by atoms with Gasteiger partial charge in [0.05, 0.1) is 11.0 Å². The lowest BCUT2D eigenvalue weighted by atomic mass is 10.2. The smallest absolute Gasteiger partial charge is 0.260 e. The van der Waals surface area contributed by atoms with Crippen molar-refractivity contribution in [3.63, 3.8) is 0 Å². The van der Waals surface area contributed by atoms with Gasteiger partial charge in [-0.05, 0) is 36.8 Å². The van der Waals surface area contributed by atoms with Crippen LogP contribution in [0.5, 0.6) is 0 Å². The minimum absolute atomic E-state index is 0.128. The summed E-state index contributed by atoms with van der Waals surface area (Å²) in [6, 6.07) is 12.5. The Morgan fingerprint density at radius 1 is 1.26 bits per heavy atom. The Morgan fingerprint density at radius 2 is 2.10 bits per heavy atom. The number of aryl methyl sites for hydroxylation is 1. The number of benzene rings is 2. The molecule has 0 aliphatic carbocycles. The van der Waals surface area contributed by atoms with Crippen LogP contribution < -0.4 is 4.90 Å². The second-order valence-electron chi connectivity index (χ2n) is 7.39. The third kappa shape index (κ3) is 5.14. The third-order valence-corrected chi connectivity index (χ3v) is 6.69. The van der Waals surface area contributed by atoms with E-state index in [9.17, 15) is 9.18 Å². The molecule has 0 radical (unpaired) electrons. The number of para-hydroxylation sites is 1. The normalized spacial score (nSPS) is 11.4. The summed E-state index contributed by atoms with van der Waals surface area (Å²) in [7, 11) is 0. The Hall–Kier alpha value is -2.71. The maximum absolute atomic E-state index is 14.2. The lowest BCUT2D eigenvalue weighted by Crippen LogP contribution is -2.32. The molecule has 2 aromatic carbocycles. The van der Waals surface area contributed by atoms with Crippen LogP contribution in [0.25, 0.3) is 10.2 Å². The molecule has 4 rings (SSSR count). The number of anilines is 1. The van der Waals surface area contributed by atoms with Crippen molar-refractivity contribution in [1.82, 2.24) is 14.5 Å². The Kier molecular flexibility index (Phi) is 6.67. The van der Waals surface area contributed by atoms with Crippen LogP contribution >= 0.6 is 23.1 Å². The van der Waals surface area contributed by atoms with Crippen molar-refractivity contribution in [2.75, 3.05) is 11.4 Å². The molecular weight excluding hydrogens is 431 g/mol. The van der Waals surface area contributed by atoms with Crippen LogP contribution in [0.3, 0.4) is 0 Å². The number of fused-ring (bicyclic) bond motifs is 1. The number of hydrogen-bond acceptors (Lipinski definition) is 5. The fourth-order valence-electron chi connectivity index (χ4n) is 3.26. The molecule has 0 fully saturated rings. The lowest BCUT2D eigenvalue weighted by Gasteiger charge is -2.20. The molecule has 2 aromatic heterocycles. The number of amides is 1. The summed E-state index contributed by atoms with van der Waals surface area (Å²) in [5.41, 5.74) is 0.909. The molecule has 31 heavy (non-hydrogen) atoms. The van der Waals surface area contributed by atoms with Gasteiger partial charge in [-0.1, -0.05) is 37.3 Å². The highest BCUT2D eigenvalue weighted by molar-refractivity contribution is 7.99. The molecule has 5 nitrogen and oxygen atoms in total. The first kappa shape index (κ1) is 21.5. The maximum Gasteiger partial charge on any atom is 0.260 e.